The van der Waals surface area contributed by atoms with E-state index in [2.05, 4.69) is 31.4 Å². The fourth-order valence-corrected chi connectivity index (χ4v) is 6.03. The monoisotopic (exact) mass is 454 g/mol. The van der Waals surface area contributed by atoms with Crippen LogP contribution < -0.4 is 10.6 Å². The molecule has 8 nitrogen and oxygen atoms in total. The summed E-state index contributed by atoms with van der Waals surface area (Å²) in [7, 11) is 0. The van der Waals surface area contributed by atoms with Crippen LogP contribution in [0.1, 0.15) is 69.7 Å². The van der Waals surface area contributed by atoms with Crippen LogP contribution >= 0.6 is 0 Å². The second-order valence-electron chi connectivity index (χ2n) is 10.7. The summed E-state index contributed by atoms with van der Waals surface area (Å²) in [6, 6.07) is 6.35. The van der Waals surface area contributed by atoms with Gasteiger partial charge in [-0.2, -0.15) is 0 Å². The molecule has 178 valence electrons. The van der Waals surface area contributed by atoms with Crippen molar-refractivity contribution in [2.24, 2.45) is 11.3 Å². The molecule has 1 aromatic rings. The summed E-state index contributed by atoms with van der Waals surface area (Å²) in [6.45, 7) is 7.34. The van der Waals surface area contributed by atoms with Gasteiger partial charge in [-0.05, 0) is 62.0 Å². The third-order valence-electron chi connectivity index (χ3n) is 7.00. The molecule has 2 N–H and O–H groups in total. The standard InChI is InChI=1S/C25H34N4O4/c1-17-13-24(2,3)16-25(14-17)22(32)29(23(33)27-25)15-20(30)26-19-10-6-5-9-18(19)21(31)28-11-7-4-8-12-28/h5-6,9-10,17H,4,7-8,11-16H2,1-3H3,(H,26,30)(H,27,33). The van der Waals surface area contributed by atoms with Gasteiger partial charge in [-0.3, -0.25) is 19.3 Å². The van der Waals surface area contributed by atoms with Crippen LogP contribution in [-0.2, 0) is 9.59 Å². The lowest BCUT2D eigenvalue weighted by molar-refractivity contribution is -0.136. The topological polar surface area (TPSA) is 98.8 Å². The fraction of sp³-hybridized carbons (Fsp3) is 0.600. The maximum Gasteiger partial charge on any atom is 0.325 e. The first-order valence-electron chi connectivity index (χ1n) is 11.9. The molecule has 0 aromatic heterocycles. The van der Waals surface area contributed by atoms with Gasteiger partial charge in [0, 0.05) is 13.1 Å². The minimum Gasteiger partial charge on any atom is -0.339 e. The molecule has 4 rings (SSSR count). The Labute approximate surface area is 195 Å². The van der Waals surface area contributed by atoms with Gasteiger partial charge in [0.2, 0.25) is 5.91 Å². The van der Waals surface area contributed by atoms with Crippen molar-refractivity contribution in [3.05, 3.63) is 29.8 Å². The first kappa shape index (κ1) is 23.3. The Balaban J connectivity index is 1.46. The Morgan fingerprint density at radius 3 is 2.48 bits per heavy atom. The van der Waals surface area contributed by atoms with Crippen molar-refractivity contribution in [2.75, 3.05) is 25.0 Å². The molecule has 2 saturated heterocycles. The Kier molecular flexibility index (Phi) is 6.20. The van der Waals surface area contributed by atoms with Crippen molar-refractivity contribution in [1.82, 2.24) is 15.1 Å². The fourth-order valence-electron chi connectivity index (χ4n) is 6.03. The summed E-state index contributed by atoms with van der Waals surface area (Å²) in [4.78, 5) is 54.7. The smallest absolute Gasteiger partial charge is 0.325 e. The van der Waals surface area contributed by atoms with E-state index in [-0.39, 0.29) is 23.8 Å². The number of rotatable bonds is 4. The molecule has 2 unspecified atom stereocenters. The van der Waals surface area contributed by atoms with E-state index in [1.54, 1.807) is 24.3 Å². The predicted octanol–water partition coefficient (Wildman–Crippen LogP) is 3.39. The number of nitrogens with zero attached hydrogens (tertiary/aromatic N) is 2. The number of carbonyl (C=O) groups excluding carboxylic acids is 4. The van der Waals surface area contributed by atoms with Crippen molar-refractivity contribution in [2.45, 2.75) is 64.8 Å². The molecule has 1 aliphatic carbocycles. The molecular formula is C25H34N4O4. The maximum atomic E-state index is 13.3. The number of anilines is 1. The summed E-state index contributed by atoms with van der Waals surface area (Å²) in [6.07, 6.45) is 5.19. The van der Waals surface area contributed by atoms with Crippen LogP contribution in [0.4, 0.5) is 10.5 Å². The number of hydrogen-bond acceptors (Lipinski definition) is 4. The number of carbonyl (C=O) groups is 4. The van der Waals surface area contributed by atoms with Crippen LogP contribution in [0.25, 0.3) is 0 Å². The number of piperidine rings is 1. The molecular weight excluding hydrogens is 420 g/mol. The highest BCUT2D eigenvalue weighted by molar-refractivity contribution is 6.11. The molecule has 2 atom stereocenters. The first-order chi connectivity index (χ1) is 15.6. The Morgan fingerprint density at radius 2 is 1.79 bits per heavy atom. The highest BCUT2D eigenvalue weighted by Gasteiger charge is 2.56. The number of imide groups is 1. The van der Waals surface area contributed by atoms with Crippen LogP contribution in [0.5, 0.6) is 0 Å². The molecule has 1 aromatic carbocycles. The van der Waals surface area contributed by atoms with Gasteiger partial charge in [-0.15, -0.1) is 0 Å². The highest BCUT2D eigenvalue weighted by Crippen LogP contribution is 2.46. The van der Waals surface area contributed by atoms with E-state index in [4.69, 9.17) is 0 Å². The van der Waals surface area contributed by atoms with Crippen LogP contribution in [0.2, 0.25) is 0 Å². The Bertz CT molecular complexity index is 969. The van der Waals surface area contributed by atoms with Crippen molar-refractivity contribution in [3.8, 4) is 0 Å². The molecule has 0 radical (unpaired) electrons. The second-order valence-corrected chi connectivity index (χ2v) is 10.7. The summed E-state index contributed by atoms with van der Waals surface area (Å²) < 4.78 is 0. The van der Waals surface area contributed by atoms with E-state index in [1.807, 2.05) is 4.90 Å². The number of urea groups is 1. The minimum absolute atomic E-state index is 0.0768. The SMILES string of the molecule is CC1CC(C)(C)CC2(C1)NC(=O)N(CC(=O)Nc1ccccc1C(=O)N1CCCCC1)C2=O. The van der Waals surface area contributed by atoms with E-state index < -0.39 is 17.5 Å². The van der Waals surface area contributed by atoms with E-state index in [1.165, 1.54) is 0 Å². The van der Waals surface area contributed by atoms with Crippen molar-refractivity contribution >= 4 is 29.4 Å². The zero-order chi connectivity index (χ0) is 23.8. The number of benzene rings is 1. The van der Waals surface area contributed by atoms with Gasteiger partial charge in [-0.1, -0.05) is 32.9 Å². The van der Waals surface area contributed by atoms with Crippen LogP contribution in [-0.4, -0.2) is 58.7 Å². The zero-order valence-electron chi connectivity index (χ0n) is 19.8. The molecule has 1 saturated carbocycles. The predicted molar refractivity (Wildman–Crippen MR) is 125 cm³/mol. The third kappa shape index (κ3) is 4.75. The minimum atomic E-state index is -0.944. The number of likely N-dealkylation sites (tertiary alicyclic amines) is 1. The van der Waals surface area contributed by atoms with Crippen LogP contribution in [0.15, 0.2) is 24.3 Å². The molecule has 3 aliphatic rings. The van der Waals surface area contributed by atoms with Gasteiger partial charge >= 0.3 is 6.03 Å². The van der Waals surface area contributed by atoms with Crippen LogP contribution in [0, 0.1) is 11.3 Å². The van der Waals surface area contributed by atoms with E-state index in [9.17, 15) is 19.2 Å². The largest absolute Gasteiger partial charge is 0.339 e. The van der Waals surface area contributed by atoms with Crippen LogP contribution in [0.3, 0.4) is 0 Å². The Hall–Kier alpha value is -2.90. The molecule has 1 spiro atoms. The van der Waals surface area contributed by atoms with Crippen molar-refractivity contribution in [3.63, 3.8) is 0 Å². The highest BCUT2D eigenvalue weighted by atomic mass is 16.2. The molecule has 5 amide bonds. The third-order valence-corrected chi connectivity index (χ3v) is 7.00. The van der Waals surface area contributed by atoms with E-state index >= 15 is 0 Å². The molecule has 33 heavy (non-hydrogen) atoms. The lowest BCUT2D eigenvalue weighted by Gasteiger charge is -2.43. The van der Waals surface area contributed by atoms with E-state index in [0.717, 1.165) is 30.6 Å². The molecule has 2 aliphatic heterocycles. The quantitative estimate of drug-likeness (QED) is 0.682. The number of amides is 5. The molecule has 2 heterocycles. The second kappa shape index (κ2) is 8.80. The van der Waals surface area contributed by atoms with Gasteiger partial charge in [0.1, 0.15) is 12.1 Å². The van der Waals surface area contributed by atoms with Gasteiger partial charge in [-0.25, -0.2) is 4.79 Å². The molecule has 8 heteroatoms. The Morgan fingerprint density at radius 1 is 1.09 bits per heavy atom. The maximum absolute atomic E-state index is 13.3. The number of nitrogens with one attached hydrogen (secondary N) is 2. The van der Waals surface area contributed by atoms with Gasteiger partial charge in [0.05, 0.1) is 11.3 Å². The first-order valence-corrected chi connectivity index (χ1v) is 11.9. The average Bonchev–Trinajstić information content (AvgIpc) is 2.96. The van der Waals surface area contributed by atoms with Gasteiger partial charge in [0.25, 0.3) is 11.8 Å². The van der Waals surface area contributed by atoms with Crippen molar-refractivity contribution in [1.29, 1.82) is 0 Å². The lowest BCUT2D eigenvalue weighted by atomic mass is 9.64. The lowest BCUT2D eigenvalue weighted by Crippen LogP contribution is -2.54. The number of hydrogen-bond donors (Lipinski definition) is 2. The van der Waals surface area contributed by atoms with Gasteiger partial charge < -0.3 is 15.5 Å². The summed E-state index contributed by atoms with van der Waals surface area (Å²) in [5, 5.41) is 5.65. The summed E-state index contributed by atoms with van der Waals surface area (Å²) in [5.41, 5.74) is -0.204. The van der Waals surface area contributed by atoms with Crippen molar-refractivity contribution < 1.29 is 19.2 Å². The molecule has 3 fully saturated rings. The summed E-state index contributed by atoms with van der Waals surface area (Å²) in [5.74, 6) is -0.657. The van der Waals surface area contributed by atoms with Gasteiger partial charge in [0.15, 0.2) is 0 Å². The molecule has 0 bridgehead atoms. The van der Waals surface area contributed by atoms with E-state index in [0.29, 0.717) is 43.1 Å². The average molecular weight is 455 g/mol. The zero-order valence-corrected chi connectivity index (χ0v) is 19.8. The number of para-hydroxylation sites is 1. The normalized spacial score (nSPS) is 26.9. The summed E-state index contributed by atoms with van der Waals surface area (Å²) >= 11 is 0.